The van der Waals surface area contributed by atoms with Gasteiger partial charge in [-0.3, -0.25) is 14.8 Å². The number of benzene rings is 3. The number of pyridine rings is 1. The second-order valence-electron chi connectivity index (χ2n) is 22.6. The number of aliphatic hydroxyl groups is 4. The van der Waals surface area contributed by atoms with Crippen LogP contribution in [0.3, 0.4) is 0 Å². The lowest BCUT2D eigenvalue weighted by atomic mass is 9.39. The van der Waals surface area contributed by atoms with Crippen LogP contribution < -0.4 is 20.3 Å². The van der Waals surface area contributed by atoms with Gasteiger partial charge in [-0.05, 0) is 127 Å². The number of hydrogen-bond acceptors (Lipinski definition) is 16. The molecule has 4 saturated carbocycles. The van der Waals surface area contributed by atoms with E-state index < -0.39 is 53.2 Å². The molecule has 402 valence electrons. The van der Waals surface area contributed by atoms with Gasteiger partial charge in [0.15, 0.2) is 17.1 Å². The molecule has 8 N–H and O–H groups in total. The summed E-state index contributed by atoms with van der Waals surface area (Å²) in [6, 6.07) is 21.8. The first-order valence-electron chi connectivity index (χ1n) is 25.8. The predicted molar refractivity (Wildman–Crippen MR) is 283 cm³/mol. The van der Waals surface area contributed by atoms with Crippen LogP contribution in [0.5, 0.6) is 0 Å². The Morgan fingerprint density at radius 2 is 1.66 bits per heavy atom. The summed E-state index contributed by atoms with van der Waals surface area (Å²) < 4.78 is 43.6. The van der Waals surface area contributed by atoms with Crippen LogP contribution >= 0.6 is 11.3 Å². The highest BCUT2D eigenvalue weighted by Gasteiger charge is 2.66. The van der Waals surface area contributed by atoms with Crippen molar-refractivity contribution in [1.82, 2.24) is 29.8 Å². The Kier molecular flexibility index (Phi) is 13.7. The quantitative estimate of drug-likeness (QED) is 0.0533. The number of rotatable bonds is 17. The van der Waals surface area contributed by atoms with Gasteiger partial charge in [-0.2, -0.15) is 5.10 Å². The number of sulfonamides is 1. The number of anilines is 2. The molecule has 7 atom stereocenters. The van der Waals surface area contributed by atoms with Crippen molar-refractivity contribution < 1.29 is 53.0 Å². The maximum atomic E-state index is 13.7. The topological polar surface area (TPSA) is 271 Å². The number of amides is 1. The maximum absolute atomic E-state index is 13.7. The van der Waals surface area contributed by atoms with Crippen LogP contribution in [0.2, 0.25) is 0 Å². The minimum absolute atomic E-state index is 0.0596. The fraction of sp³-hybridized carbons (Fsp3) is 0.473. The van der Waals surface area contributed by atoms with Crippen molar-refractivity contribution in [3.05, 3.63) is 119 Å². The molecule has 2 aliphatic heterocycles. The summed E-state index contributed by atoms with van der Waals surface area (Å²) in [5, 5.41) is 62.8. The number of thiazole rings is 1. The summed E-state index contributed by atoms with van der Waals surface area (Å²) in [5.74, 6) is -0.870. The van der Waals surface area contributed by atoms with Gasteiger partial charge in [0, 0.05) is 55.1 Å². The van der Waals surface area contributed by atoms with E-state index in [0.29, 0.717) is 73.4 Å². The molecule has 19 nitrogen and oxygen atoms in total. The van der Waals surface area contributed by atoms with E-state index in [0.717, 1.165) is 71.1 Å². The number of nitrogens with one attached hydrogen (secondary N) is 3. The fourth-order valence-electron chi connectivity index (χ4n) is 14.3. The van der Waals surface area contributed by atoms with Gasteiger partial charge < -0.3 is 45.2 Å². The molecular weight excluding hydrogens is 1010 g/mol. The Bertz CT molecular complexity index is 3260. The predicted octanol–water partition coefficient (Wildman–Crippen LogP) is 5.38. The number of carboxylic acid groups (broad SMARTS) is 1. The van der Waals surface area contributed by atoms with Crippen molar-refractivity contribution in [2.45, 2.75) is 126 Å². The van der Waals surface area contributed by atoms with Gasteiger partial charge >= 0.3 is 5.97 Å². The molecule has 1 amide bonds. The monoisotopic (exact) mass is 1080 g/mol. The first-order chi connectivity index (χ1) is 36.3. The summed E-state index contributed by atoms with van der Waals surface area (Å²) in [6.45, 7) is 9.28. The number of carbonyl (C=O) groups excluding carboxylic acids is 1. The number of para-hydroxylation sites is 1. The third-order valence-corrected chi connectivity index (χ3v) is 18.8. The molecule has 2 unspecified atom stereocenters. The van der Waals surface area contributed by atoms with Gasteiger partial charge in [-0.25, -0.2) is 27.9 Å². The van der Waals surface area contributed by atoms with E-state index in [1.807, 2.05) is 71.1 Å². The molecule has 76 heavy (non-hydrogen) atoms. The van der Waals surface area contributed by atoms with Crippen molar-refractivity contribution in [3.63, 3.8) is 0 Å². The van der Waals surface area contributed by atoms with Crippen molar-refractivity contribution in [1.29, 1.82) is 0 Å². The third-order valence-electron chi connectivity index (χ3n) is 16.4. The number of aromatic nitrogens is 4. The van der Waals surface area contributed by atoms with Gasteiger partial charge in [0.1, 0.15) is 30.2 Å². The molecule has 6 aromatic rings. The number of aliphatic hydroxyl groups excluding tert-OH is 4. The van der Waals surface area contributed by atoms with E-state index in [1.54, 1.807) is 18.3 Å². The molecule has 4 bridgehead atoms. The molecule has 1 saturated heterocycles. The average molecular weight is 1080 g/mol. The number of hydrogen-bond donors (Lipinski definition) is 8. The van der Waals surface area contributed by atoms with Gasteiger partial charge in [0.05, 0.1) is 40.1 Å². The molecule has 21 heteroatoms. The molecule has 0 radical (unpaired) electrons. The summed E-state index contributed by atoms with van der Waals surface area (Å²) in [7, 11) is -4.22. The van der Waals surface area contributed by atoms with Gasteiger partial charge in [-0.15, -0.1) is 0 Å². The number of ether oxygens (including phenoxy) is 2. The zero-order valence-corrected chi connectivity index (χ0v) is 44.2. The summed E-state index contributed by atoms with van der Waals surface area (Å²) in [6.07, 6.45) is 2.08. The Morgan fingerprint density at radius 1 is 0.895 bits per heavy atom. The van der Waals surface area contributed by atoms with Crippen molar-refractivity contribution in [3.8, 4) is 11.1 Å². The molecule has 0 spiro atoms. The van der Waals surface area contributed by atoms with E-state index in [4.69, 9.17) is 19.6 Å². The highest BCUT2D eigenvalue weighted by atomic mass is 32.2. The average Bonchev–Trinajstić information content (AvgIpc) is 3.99. The van der Waals surface area contributed by atoms with E-state index in [1.165, 1.54) is 23.5 Å². The minimum atomic E-state index is -4.22. The lowest BCUT2D eigenvalue weighted by Crippen LogP contribution is -2.64. The Hall–Kier alpha value is -5.72. The number of nitrogens with zero attached hydrogens (tertiary/aromatic N) is 5. The maximum Gasteiger partial charge on any atom is 0.355 e. The lowest BCUT2D eigenvalue weighted by molar-refractivity contribution is -0.251. The smallest absolute Gasteiger partial charge is 0.355 e. The number of carbonyl (C=O) groups is 2. The Balaban J connectivity index is 0.732. The minimum Gasteiger partial charge on any atom is -0.476 e. The van der Waals surface area contributed by atoms with Crippen LogP contribution in [0.4, 0.5) is 10.9 Å². The second kappa shape index (κ2) is 19.9. The van der Waals surface area contributed by atoms with E-state index in [-0.39, 0.29) is 38.3 Å². The zero-order valence-electron chi connectivity index (χ0n) is 42.6. The lowest BCUT2D eigenvalue weighted by Gasteiger charge is -2.69. The van der Waals surface area contributed by atoms with E-state index in [9.17, 15) is 43.5 Å². The van der Waals surface area contributed by atoms with Crippen LogP contribution in [-0.4, -0.2) is 128 Å². The van der Waals surface area contributed by atoms with Crippen LogP contribution in [-0.2, 0) is 45.6 Å². The van der Waals surface area contributed by atoms with Crippen LogP contribution in [0.25, 0.3) is 21.3 Å². The van der Waals surface area contributed by atoms with Gasteiger partial charge in [0.2, 0.25) is 10.0 Å². The van der Waals surface area contributed by atoms with Gasteiger partial charge in [-0.1, -0.05) is 61.6 Å². The summed E-state index contributed by atoms with van der Waals surface area (Å²) >= 11 is 1.42. The van der Waals surface area contributed by atoms with E-state index in [2.05, 4.69) is 34.2 Å². The number of carboxylic acids is 1. The molecule has 3 aromatic carbocycles. The molecule has 3 aromatic heterocycles. The molecule has 12 rings (SSSR count). The molecule has 5 heterocycles. The van der Waals surface area contributed by atoms with Crippen molar-refractivity contribution in [2.75, 3.05) is 36.5 Å². The molecular formula is C55H64N8O11S2. The fourth-order valence-corrected chi connectivity index (χ4v) is 16.4. The Morgan fingerprint density at radius 3 is 2.39 bits per heavy atom. The molecule has 6 aliphatic rings. The largest absolute Gasteiger partial charge is 0.476 e. The highest BCUT2D eigenvalue weighted by Crippen LogP contribution is 2.72. The molecule has 4 aliphatic carbocycles. The first-order valence-corrected chi connectivity index (χ1v) is 28.1. The number of aromatic carboxylic acids is 1. The first kappa shape index (κ1) is 52.3. The van der Waals surface area contributed by atoms with Gasteiger partial charge in [0.25, 0.3) is 5.91 Å². The van der Waals surface area contributed by atoms with Crippen LogP contribution in [0.15, 0.2) is 90.0 Å². The van der Waals surface area contributed by atoms with Crippen LogP contribution in [0.1, 0.15) is 95.6 Å². The number of fused-ring (bicyclic) bond motifs is 2. The van der Waals surface area contributed by atoms with E-state index >= 15 is 0 Å². The summed E-state index contributed by atoms with van der Waals surface area (Å²) in [4.78, 5) is 38.1. The normalized spacial score (nSPS) is 28.9. The third kappa shape index (κ3) is 10.1. The van der Waals surface area contributed by atoms with Crippen molar-refractivity contribution in [2.24, 2.45) is 16.2 Å². The SMILES string of the molecule is Cc1c(-c2ccc(N3CCc4cccc(C(=O)Nc5nc6ccccc6s5)c4C3)nc2C(=O)O)cnn1CC12CC3(C)CC(C)(C1)CC(OCCNCc1ccc(S(=O)(=O)N[C@@H]4[C@@H](O)[C@H](O)[C@@H](CO)O[C@H]4O)cc1)(C3)C2. The molecule has 5 fully saturated rings. The zero-order chi connectivity index (χ0) is 53.4. The van der Waals surface area contributed by atoms with Crippen molar-refractivity contribution >= 4 is 54.4 Å². The standard InChI is InChI=1S/C55H64N8O11S2/c1-32-38(36-15-16-43(59-44(36)49(68)69)62-19-17-34-7-6-8-37(39(34)23-62)48(67)60-51-58-40-9-4-5-10-42(40)75-51)22-57-63(32)31-54-26-52(2)25-53(3,27-54)29-55(28-52,30-54)73-20-18-56-21-33-11-13-35(14-12-33)76(71,72)61-45-47(66)46(65)41(24-64)74-50(45)70/h4-16,22,41,45-47,50,56,61,64-66,70H,17-21,23-31H2,1-3H3,(H,68,69)(H,58,60,67)/t41-,45-,46-,47-,50-,52?,53?,54?,55?/m1/s1. The highest BCUT2D eigenvalue weighted by molar-refractivity contribution is 7.89. The van der Waals surface area contributed by atoms with Crippen LogP contribution in [0, 0.1) is 23.2 Å². The Labute approximate surface area is 444 Å². The summed E-state index contributed by atoms with van der Waals surface area (Å²) in [5.41, 5.74) is 5.89. The second-order valence-corrected chi connectivity index (χ2v) is 25.4.